The Labute approximate surface area is 181 Å². The normalized spacial score (nSPS) is 15.4. The van der Waals surface area contributed by atoms with Crippen molar-refractivity contribution in [2.45, 2.75) is 37.5 Å². The third-order valence-corrected chi connectivity index (χ3v) is 7.38. The first-order chi connectivity index (χ1) is 14.9. The maximum Gasteiger partial charge on any atom is 0.277 e. The van der Waals surface area contributed by atoms with E-state index in [-0.39, 0.29) is 10.6 Å². The lowest BCUT2D eigenvalue weighted by Crippen LogP contribution is -2.32. The van der Waals surface area contributed by atoms with Gasteiger partial charge in [0.25, 0.3) is 5.91 Å². The molecular weight excluding hydrogens is 416 g/mol. The van der Waals surface area contributed by atoms with Gasteiger partial charge in [-0.25, -0.2) is 8.42 Å². The van der Waals surface area contributed by atoms with Gasteiger partial charge in [0.05, 0.1) is 4.90 Å². The van der Waals surface area contributed by atoms with Crippen molar-refractivity contribution in [3.05, 3.63) is 60.0 Å². The number of hydrogen-bond donors (Lipinski definition) is 1. The molecule has 0 bridgehead atoms. The summed E-state index contributed by atoms with van der Waals surface area (Å²) in [7, 11) is -3.63. The summed E-state index contributed by atoms with van der Waals surface area (Å²) in [6.45, 7) is 2.80. The van der Waals surface area contributed by atoms with Crippen LogP contribution in [0.15, 0.2) is 58.2 Å². The largest absolute Gasteiger partial charge is 0.355 e. The number of sulfonamides is 1. The number of carbonyl (C=O) groups is 1. The average molecular weight is 441 g/mol. The van der Waals surface area contributed by atoms with E-state index in [4.69, 9.17) is 4.52 Å². The zero-order valence-electron chi connectivity index (χ0n) is 17.2. The number of benzene rings is 1. The predicted octanol–water partition coefficient (Wildman–Crippen LogP) is 3.86. The minimum atomic E-state index is -3.63. The molecule has 1 amide bonds. The van der Waals surface area contributed by atoms with E-state index in [2.05, 4.69) is 15.5 Å². The Balaban J connectivity index is 1.55. The van der Waals surface area contributed by atoms with Crippen LogP contribution in [0.2, 0.25) is 0 Å². The number of rotatable bonds is 5. The number of nitrogens with zero attached hydrogens (tertiary/aromatic N) is 3. The third-order valence-electron chi connectivity index (χ3n) is 5.34. The molecule has 0 aliphatic carbocycles. The van der Waals surface area contributed by atoms with Crippen molar-refractivity contribution in [2.75, 3.05) is 18.4 Å². The fourth-order valence-electron chi connectivity index (χ4n) is 3.61. The Morgan fingerprint density at radius 2 is 1.74 bits per heavy atom. The van der Waals surface area contributed by atoms with E-state index in [1.165, 1.54) is 12.1 Å². The van der Waals surface area contributed by atoms with E-state index in [0.717, 1.165) is 31.2 Å². The minimum absolute atomic E-state index is 0.101. The quantitative estimate of drug-likeness (QED) is 0.646. The van der Waals surface area contributed by atoms with Crippen LogP contribution in [0.5, 0.6) is 0 Å². The molecule has 1 aliphatic rings. The fourth-order valence-corrected chi connectivity index (χ4v) is 5.37. The average Bonchev–Trinajstić information content (AvgIpc) is 3.10. The van der Waals surface area contributed by atoms with Crippen molar-refractivity contribution < 1.29 is 17.7 Å². The van der Waals surface area contributed by atoms with Crippen LogP contribution in [0.3, 0.4) is 0 Å². The molecule has 3 aromatic rings. The molecule has 162 valence electrons. The zero-order chi connectivity index (χ0) is 21.8. The number of pyridine rings is 1. The summed E-state index contributed by atoms with van der Waals surface area (Å²) in [4.78, 5) is 16.8. The van der Waals surface area contributed by atoms with Gasteiger partial charge in [-0.05, 0) is 49.6 Å². The highest BCUT2D eigenvalue weighted by Crippen LogP contribution is 2.26. The topological polar surface area (TPSA) is 105 Å². The van der Waals surface area contributed by atoms with E-state index in [9.17, 15) is 13.2 Å². The number of anilines is 1. The smallest absolute Gasteiger partial charge is 0.277 e. The Hall–Kier alpha value is -3.04. The van der Waals surface area contributed by atoms with Gasteiger partial charge in [0.2, 0.25) is 10.0 Å². The van der Waals surface area contributed by atoms with Crippen molar-refractivity contribution in [3.8, 4) is 11.3 Å². The van der Waals surface area contributed by atoms with Gasteiger partial charge >= 0.3 is 0 Å². The van der Waals surface area contributed by atoms with Crippen molar-refractivity contribution >= 4 is 21.6 Å². The number of carbonyl (C=O) groups excluding carboxylic acids is 1. The molecule has 0 unspecified atom stereocenters. The molecule has 9 heteroatoms. The van der Waals surface area contributed by atoms with Crippen molar-refractivity contribution in [3.63, 3.8) is 0 Å². The summed E-state index contributed by atoms with van der Waals surface area (Å²) >= 11 is 0. The molecule has 31 heavy (non-hydrogen) atoms. The molecular formula is C22H24N4O4S. The second-order valence-corrected chi connectivity index (χ2v) is 9.47. The molecule has 1 aliphatic heterocycles. The van der Waals surface area contributed by atoms with Crippen LogP contribution in [-0.4, -0.2) is 41.9 Å². The first-order valence-electron chi connectivity index (χ1n) is 10.2. The predicted molar refractivity (Wildman–Crippen MR) is 116 cm³/mol. The summed E-state index contributed by atoms with van der Waals surface area (Å²) in [6, 6.07) is 9.93. The van der Waals surface area contributed by atoms with Gasteiger partial charge in [-0.3, -0.25) is 9.78 Å². The van der Waals surface area contributed by atoms with Gasteiger partial charge < -0.3 is 9.84 Å². The molecule has 1 saturated heterocycles. The maximum atomic E-state index is 13.2. The molecule has 1 N–H and O–H groups in total. The van der Waals surface area contributed by atoms with Gasteiger partial charge in [0.1, 0.15) is 0 Å². The summed E-state index contributed by atoms with van der Waals surface area (Å²) in [5, 5.41) is 6.55. The van der Waals surface area contributed by atoms with E-state index in [0.29, 0.717) is 30.1 Å². The SMILES string of the molecule is Cc1ccc(NC(=O)c2cc(-c3ccncc3)on2)cc1S(=O)(=O)N1CCCCCC1. The van der Waals surface area contributed by atoms with Gasteiger partial charge in [0, 0.05) is 42.8 Å². The summed E-state index contributed by atoms with van der Waals surface area (Å²) < 4.78 is 33.2. The Bertz CT molecular complexity index is 1170. The molecule has 1 aromatic carbocycles. The van der Waals surface area contributed by atoms with Crippen LogP contribution in [-0.2, 0) is 10.0 Å². The van der Waals surface area contributed by atoms with Crippen molar-refractivity contribution in [2.24, 2.45) is 0 Å². The Kier molecular flexibility index (Phi) is 6.15. The van der Waals surface area contributed by atoms with Crippen LogP contribution in [0.4, 0.5) is 5.69 Å². The van der Waals surface area contributed by atoms with E-state index in [1.807, 2.05) is 0 Å². The van der Waals surface area contributed by atoms with Crippen LogP contribution in [0, 0.1) is 6.92 Å². The highest BCUT2D eigenvalue weighted by atomic mass is 32.2. The monoisotopic (exact) mass is 440 g/mol. The van der Waals surface area contributed by atoms with Crippen LogP contribution in [0.25, 0.3) is 11.3 Å². The van der Waals surface area contributed by atoms with Gasteiger partial charge in [0.15, 0.2) is 11.5 Å². The van der Waals surface area contributed by atoms with Crippen LogP contribution in [0.1, 0.15) is 41.7 Å². The highest BCUT2D eigenvalue weighted by Gasteiger charge is 2.27. The second kappa shape index (κ2) is 8.99. The molecule has 0 radical (unpaired) electrons. The minimum Gasteiger partial charge on any atom is -0.355 e. The molecule has 1 fully saturated rings. The second-order valence-electron chi connectivity index (χ2n) is 7.56. The number of nitrogens with one attached hydrogen (secondary N) is 1. The molecule has 8 nitrogen and oxygen atoms in total. The van der Waals surface area contributed by atoms with E-state index in [1.54, 1.807) is 47.9 Å². The van der Waals surface area contributed by atoms with E-state index < -0.39 is 15.9 Å². The lowest BCUT2D eigenvalue weighted by Gasteiger charge is -2.21. The summed E-state index contributed by atoms with van der Waals surface area (Å²) in [5.41, 5.74) is 1.88. The lowest BCUT2D eigenvalue weighted by atomic mass is 10.2. The molecule has 4 rings (SSSR count). The zero-order valence-corrected chi connectivity index (χ0v) is 18.1. The summed E-state index contributed by atoms with van der Waals surface area (Å²) in [6.07, 6.45) is 7.05. The standard InChI is InChI=1S/C22H24N4O4S/c1-16-6-7-18(14-21(16)31(28,29)26-12-4-2-3-5-13-26)24-22(27)19-15-20(30-25-19)17-8-10-23-11-9-17/h6-11,14-15H,2-5,12-13H2,1H3,(H,24,27). The van der Waals surface area contributed by atoms with Gasteiger partial charge in [-0.15, -0.1) is 0 Å². The molecule has 0 spiro atoms. The fraction of sp³-hybridized carbons (Fsp3) is 0.318. The lowest BCUT2D eigenvalue weighted by molar-refractivity contribution is 0.101. The molecule has 2 aromatic heterocycles. The number of amides is 1. The third kappa shape index (κ3) is 4.67. The van der Waals surface area contributed by atoms with Crippen LogP contribution >= 0.6 is 0 Å². The summed E-state index contributed by atoms with van der Waals surface area (Å²) in [5.74, 6) is -0.0353. The molecule has 3 heterocycles. The highest BCUT2D eigenvalue weighted by molar-refractivity contribution is 7.89. The van der Waals surface area contributed by atoms with Gasteiger partial charge in [-0.1, -0.05) is 24.1 Å². The van der Waals surface area contributed by atoms with Crippen molar-refractivity contribution in [1.29, 1.82) is 0 Å². The van der Waals surface area contributed by atoms with Crippen LogP contribution < -0.4 is 5.32 Å². The van der Waals surface area contributed by atoms with E-state index >= 15 is 0 Å². The number of hydrogen-bond acceptors (Lipinski definition) is 6. The number of aromatic nitrogens is 2. The number of aryl methyl sites for hydroxylation is 1. The first kappa shape index (κ1) is 21.2. The van der Waals surface area contributed by atoms with Crippen molar-refractivity contribution in [1.82, 2.24) is 14.4 Å². The Morgan fingerprint density at radius 1 is 1.03 bits per heavy atom. The Morgan fingerprint density at radius 3 is 2.45 bits per heavy atom. The van der Waals surface area contributed by atoms with Gasteiger partial charge in [-0.2, -0.15) is 4.31 Å². The molecule has 0 atom stereocenters. The maximum absolute atomic E-state index is 13.2. The first-order valence-corrected chi connectivity index (χ1v) is 11.7. The molecule has 0 saturated carbocycles.